The van der Waals surface area contributed by atoms with Gasteiger partial charge in [0.05, 0.1) is 0 Å². The molecule has 0 unspecified atom stereocenters. The van der Waals surface area contributed by atoms with Crippen LogP contribution in [0.4, 0.5) is 14.4 Å². The van der Waals surface area contributed by atoms with E-state index in [1.807, 2.05) is 0 Å². The van der Waals surface area contributed by atoms with Crippen LogP contribution in [0.3, 0.4) is 0 Å². The molecule has 0 radical (unpaired) electrons. The van der Waals surface area contributed by atoms with E-state index < -0.39 is 18.5 Å². The van der Waals surface area contributed by atoms with Crippen LogP contribution in [0, 0.1) is 83.5 Å². The van der Waals surface area contributed by atoms with Gasteiger partial charge in [0, 0.05) is 83.5 Å². The summed E-state index contributed by atoms with van der Waals surface area (Å²) in [6.07, 6.45) is -5.50. The largest absolute Gasteiger partial charge is 0.503 e. The average Bonchev–Trinajstić information content (AvgIpc) is 1.54. The summed E-state index contributed by atoms with van der Waals surface area (Å²) in [4.78, 5) is 25.7. The maximum Gasteiger partial charge on any atom is 0.503 e. The standard InChI is InChI=1S/3CH2O3.2Ce.15H2O/c3*2-1(3)4;;;;;;;;;;;;;;;;;/h3*(H2,2,3,4);;;15*1H2. The van der Waals surface area contributed by atoms with Gasteiger partial charge >= 0.3 is 18.5 Å². The van der Waals surface area contributed by atoms with Crippen LogP contribution in [0.25, 0.3) is 0 Å². The normalized spacial score (nSPS) is 2.48. The van der Waals surface area contributed by atoms with E-state index in [1.54, 1.807) is 0 Å². The van der Waals surface area contributed by atoms with Crippen LogP contribution in [0.2, 0.25) is 0 Å². The molecule has 0 fully saturated rings. The minimum atomic E-state index is -1.83. The summed E-state index contributed by atoms with van der Waals surface area (Å²) < 4.78 is 0. The van der Waals surface area contributed by atoms with Crippen molar-refractivity contribution in [2.45, 2.75) is 0 Å². The van der Waals surface area contributed by atoms with Gasteiger partial charge in [-0.15, -0.1) is 0 Å². The molecule has 0 aromatic carbocycles. The predicted octanol–water partition coefficient (Wildman–Crippen LogP) is -11.7. The Bertz CT molecular complexity index is 122. The van der Waals surface area contributed by atoms with E-state index in [4.69, 9.17) is 45.0 Å². The van der Waals surface area contributed by atoms with Crippen molar-refractivity contribution in [1.29, 1.82) is 0 Å². The summed E-state index contributed by atoms with van der Waals surface area (Å²) in [6.45, 7) is 0. The van der Waals surface area contributed by atoms with Crippen molar-refractivity contribution in [3.05, 3.63) is 0 Å². The van der Waals surface area contributed by atoms with Crippen LogP contribution < -0.4 is 0 Å². The SMILES string of the molecule is O.O.O.O.O.O.O.O.O.O.O.O.O.O.O.O=C(O)O.O=C(O)O.O=C(O)O.[Ce].[Ce]. The molecule has 200 valence electrons. The van der Waals surface area contributed by atoms with E-state index in [1.165, 1.54) is 0 Å². The van der Waals surface area contributed by atoms with Crippen LogP contribution in [0.1, 0.15) is 0 Å². The minimum Gasteiger partial charge on any atom is -0.450 e. The Labute approximate surface area is 227 Å². The van der Waals surface area contributed by atoms with Gasteiger partial charge in [0.2, 0.25) is 0 Å². The molecule has 0 aliphatic heterocycles. The van der Waals surface area contributed by atoms with Gasteiger partial charge in [-0.2, -0.15) is 0 Å². The Morgan fingerprint density at radius 1 is 0.276 bits per heavy atom. The number of hydrogen-bond acceptors (Lipinski definition) is 3. The van der Waals surface area contributed by atoms with E-state index in [0.29, 0.717) is 0 Å². The number of carboxylic acid groups (broad SMARTS) is 6. The van der Waals surface area contributed by atoms with Crippen LogP contribution in [-0.4, -0.2) is 131 Å². The zero-order valence-electron chi connectivity index (χ0n) is 13.9. The summed E-state index contributed by atoms with van der Waals surface area (Å²) in [5.74, 6) is 0. The Kier molecular flexibility index (Phi) is 2460. The average molecular weight is 737 g/mol. The van der Waals surface area contributed by atoms with E-state index in [0.717, 1.165) is 0 Å². The maximum absolute atomic E-state index is 8.56. The quantitative estimate of drug-likeness (QED) is 0.137. The second kappa shape index (κ2) is 253. The van der Waals surface area contributed by atoms with Gasteiger partial charge in [0.1, 0.15) is 0 Å². The van der Waals surface area contributed by atoms with Crippen LogP contribution >= 0.6 is 0 Å². The van der Waals surface area contributed by atoms with Gasteiger partial charge in [-0.1, -0.05) is 0 Å². The molecule has 0 saturated heterocycles. The van der Waals surface area contributed by atoms with Crippen LogP contribution in [0.15, 0.2) is 0 Å². The third kappa shape index (κ3) is 14000000. The molecular formula is C3H36Ce2O24. The van der Waals surface area contributed by atoms with Crippen molar-refractivity contribution >= 4 is 18.5 Å². The minimum absolute atomic E-state index is 0. The zero-order chi connectivity index (χ0) is 10.7. The molecule has 24 nitrogen and oxygen atoms in total. The number of carbonyl (C=O) groups is 3. The van der Waals surface area contributed by atoms with Crippen LogP contribution in [-0.2, 0) is 0 Å². The van der Waals surface area contributed by atoms with E-state index in [9.17, 15) is 0 Å². The van der Waals surface area contributed by atoms with Crippen molar-refractivity contribution in [3.63, 3.8) is 0 Å². The number of rotatable bonds is 0. The number of hydrogen-bond donors (Lipinski definition) is 6. The Balaban J connectivity index is -0.00000000180. The fourth-order valence-electron chi connectivity index (χ4n) is 0. The van der Waals surface area contributed by atoms with Crippen LogP contribution in [0.5, 0.6) is 0 Å². The second-order valence-corrected chi connectivity index (χ2v) is 0.848. The van der Waals surface area contributed by atoms with Gasteiger partial charge in [-0.05, 0) is 0 Å². The Hall–Kier alpha value is -0.0368. The molecule has 0 aromatic rings. The summed E-state index contributed by atoms with van der Waals surface area (Å²) in [7, 11) is 0. The van der Waals surface area contributed by atoms with Crippen molar-refractivity contribution in [2.75, 3.05) is 0 Å². The molecule has 0 aliphatic rings. The monoisotopic (exact) mass is 736 g/mol. The van der Waals surface area contributed by atoms with Gasteiger partial charge < -0.3 is 113 Å². The molecule has 0 bridgehead atoms. The first-order valence-electron chi connectivity index (χ1n) is 1.95. The maximum atomic E-state index is 8.56. The summed E-state index contributed by atoms with van der Waals surface area (Å²) in [5.41, 5.74) is 0. The van der Waals surface area contributed by atoms with Crippen molar-refractivity contribution < 1.29 is 211 Å². The molecule has 0 rings (SSSR count). The molecule has 36 N–H and O–H groups in total. The first-order valence-corrected chi connectivity index (χ1v) is 1.95. The predicted molar refractivity (Wildman–Crippen MR) is 86.2 cm³/mol. The van der Waals surface area contributed by atoms with E-state index in [2.05, 4.69) is 0 Å². The molecule has 0 aliphatic carbocycles. The molecule has 0 amide bonds. The zero-order valence-corrected chi connectivity index (χ0v) is 20.2. The molecule has 0 aromatic heterocycles. The Morgan fingerprint density at radius 2 is 0.276 bits per heavy atom. The van der Waals surface area contributed by atoms with Crippen molar-refractivity contribution in [3.8, 4) is 0 Å². The van der Waals surface area contributed by atoms with E-state index in [-0.39, 0.29) is 166 Å². The third-order valence-electron chi connectivity index (χ3n) is 0. The Morgan fingerprint density at radius 3 is 0.276 bits per heavy atom. The van der Waals surface area contributed by atoms with Gasteiger partial charge in [0.25, 0.3) is 0 Å². The second-order valence-electron chi connectivity index (χ2n) is 0.848. The van der Waals surface area contributed by atoms with E-state index >= 15 is 0 Å². The first-order chi connectivity index (χ1) is 5.20. The summed E-state index contributed by atoms with van der Waals surface area (Å²) in [6, 6.07) is 0. The first kappa shape index (κ1) is 282. The van der Waals surface area contributed by atoms with Gasteiger partial charge in [0.15, 0.2) is 0 Å². The molecule has 29 heavy (non-hydrogen) atoms. The van der Waals surface area contributed by atoms with Crippen molar-refractivity contribution in [2.24, 2.45) is 0 Å². The van der Waals surface area contributed by atoms with Gasteiger partial charge in [-0.3, -0.25) is 0 Å². The fourth-order valence-corrected chi connectivity index (χ4v) is 0. The van der Waals surface area contributed by atoms with Gasteiger partial charge in [-0.25, -0.2) is 14.4 Å². The molecule has 0 spiro atoms. The molecule has 0 heterocycles. The summed E-state index contributed by atoms with van der Waals surface area (Å²) >= 11 is 0. The molecule has 0 saturated carbocycles. The molecule has 26 heteroatoms. The summed E-state index contributed by atoms with van der Waals surface area (Å²) in [5, 5.41) is 41.8. The molecular weight excluding hydrogens is 700 g/mol. The fraction of sp³-hybridized carbons (Fsp3) is 0. The topological polar surface area (TPSA) is 645 Å². The van der Waals surface area contributed by atoms with Crippen molar-refractivity contribution in [1.82, 2.24) is 0 Å². The molecule has 0 atom stereocenters. The smallest absolute Gasteiger partial charge is 0.450 e. The third-order valence-corrected chi connectivity index (χ3v) is 0.